The standard InChI is InChI=1S/C15H18N2O2S2/c1-10-8-12(16)11(2)15(9-10)21(18,19)17-13-6-4-5-7-14(13)20-3/h4-9,17H,16H2,1-3H3. The minimum absolute atomic E-state index is 0.218. The summed E-state index contributed by atoms with van der Waals surface area (Å²) in [6.45, 7) is 3.54. The summed E-state index contributed by atoms with van der Waals surface area (Å²) < 4.78 is 27.9. The lowest BCUT2D eigenvalue weighted by Crippen LogP contribution is -2.15. The number of para-hydroxylation sites is 1. The van der Waals surface area contributed by atoms with Crippen molar-refractivity contribution in [1.82, 2.24) is 0 Å². The number of hydrogen-bond donors (Lipinski definition) is 2. The summed E-state index contributed by atoms with van der Waals surface area (Å²) in [6, 6.07) is 10.7. The first-order valence-electron chi connectivity index (χ1n) is 6.37. The number of nitrogens with one attached hydrogen (secondary N) is 1. The Hall–Kier alpha value is -1.66. The van der Waals surface area contributed by atoms with E-state index in [9.17, 15) is 8.42 Å². The molecular weight excluding hydrogens is 304 g/mol. The van der Waals surface area contributed by atoms with E-state index in [1.54, 1.807) is 31.2 Å². The van der Waals surface area contributed by atoms with E-state index in [0.29, 0.717) is 16.9 Å². The van der Waals surface area contributed by atoms with E-state index >= 15 is 0 Å². The monoisotopic (exact) mass is 322 g/mol. The van der Waals surface area contributed by atoms with Gasteiger partial charge in [0.15, 0.2) is 0 Å². The highest BCUT2D eigenvalue weighted by atomic mass is 32.2. The fourth-order valence-corrected chi connectivity index (χ4v) is 4.12. The molecule has 0 radical (unpaired) electrons. The molecule has 0 spiro atoms. The fraction of sp³-hybridized carbons (Fsp3) is 0.200. The summed E-state index contributed by atoms with van der Waals surface area (Å²) in [7, 11) is -3.66. The molecule has 0 amide bonds. The minimum atomic E-state index is -3.66. The number of anilines is 2. The van der Waals surface area contributed by atoms with Crippen LogP contribution in [-0.2, 0) is 10.0 Å². The molecule has 0 saturated carbocycles. The summed E-state index contributed by atoms with van der Waals surface area (Å²) in [4.78, 5) is 1.09. The molecule has 0 fully saturated rings. The zero-order chi connectivity index (χ0) is 15.6. The van der Waals surface area contributed by atoms with Gasteiger partial charge in [0.05, 0.1) is 10.6 Å². The molecule has 112 valence electrons. The van der Waals surface area contributed by atoms with E-state index in [2.05, 4.69) is 4.72 Å². The predicted molar refractivity (Wildman–Crippen MR) is 89.4 cm³/mol. The smallest absolute Gasteiger partial charge is 0.262 e. The molecule has 0 atom stereocenters. The molecular formula is C15H18N2O2S2. The van der Waals surface area contributed by atoms with E-state index < -0.39 is 10.0 Å². The topological polar surface area (TPSA) is 72.2 Å². The van der Waals surface area contributed by atoms with Gasteiger partial charge < -0.3 is 5.73 Å². The molecule has 21 heavy (non-hydrogen) atoms. The van der Waals surface area contributed by atoms with Crippen molar-refractivity contribution < 1.29 is 8.42 Å². The van der Waals surface area contributed by atoms with Crippen molar-refractivity contribution >= 4 is 33.2 Å². The highest BCUT2D eigenvalue weighted by molar-refractivity contribution is 7.99. The number of thioether (sulfide) groups is 1. The average Bonchev–Trinajstić information content (AvgIpc) is 2.43. The van der Waals surface area contributed by atoms with Crippen molar-refractivity contribution in [3.05, 3.63) is 47.5 Å². The van der Waals surface area contributed by atoms with Gasteiger partial charge in [-0.2, -0.15) is 0 Å². The number of nitrogens with two attached hydrogens (primary N) is 1. The van der Waals surface area contributed by atoms with Gasteiger partial charge >= 0.3 is 0 Å². The summed E-state index contributed by atoms with van der Waals surface area (Å²) in [5.74, 6) is 0. The number of hydrogen-bond acceptors (Lipinski definition) is 4. The van der Waals surface area contributed by atoms with E-state index in [0.717, 1.165) is 10.5 Å². The first kappa shape index (κ1) is 15.7. The number of benzene rings is 2. The van der Waals surface area contributed by atoms with E-state index in [-0.39, 0.29) is 4.90 Å². The maximum atomic E-state index is 12.6. The van der Waals surface area contributed by atoms with Crippen LogP contribution < -0.4 is 10.5 Å². The normalized spacial score (nSPS) is 11.4. The van der Waals surface area contributed by atoms with Gasteiger partial charge in [0, 0.05) is 10.6 Å². The van der Waals surface area contributed by atoms with Crippen LogP contribution in [0.1, 0.15) is 11.1 Å². The van der Waals surface area contributed by atoms with Crippen molar-refractivity contribution in [2.45, 2.75) is 23.6 Å². The Labute approximate surface area is 129 Å². The molecule has 0 heterocycles. The average molecular weight is 322 g/mol. The quantitative estimate of drug-likeness (QED) is 0.668. The highest BCUT2D eigenvalue weighted by Crippen LogP contribution is 2.29. The molecule has 0 aliphatic heterocycles. The lowest BCUT2D eigenvalue weighted by atomic mass is 10.1. The van der Waals surface area contributed by atoms with Gasteiger partial charge in [-0.1, -0.05) is 12.1 Å². The SMILES string of the molecule is CSc1ccccc1NS(=O)(=O)c1cc(C)cc(N)c1C. The van der Waals surface area contributed by atoms with Crippen LogP contribution in [0.2, 0.25) is 0 Å². The molecule has 0 aromatic heterocycles. The molecule has 0 saturated heterocycles. The highest BCUT2D eigenvalue weighted by Gasteiger charge is 2.20. The van der Waals surface area contributed by atoms with Crippen molar-refractivity contribution in [3.63, 3.8) is 0 Å². The summed E-state index contributed by atoms with van der Waals surface area (Å²) in [5.41, 5.74) is 8.31. The van der Waals surface area contributed by atoms with E-state index in [4.69, 9.17) is 5.73 Å². The molecule has 6 heteroatoms. The maximum absolute atomic E-state index is 12.6. The molecule has 0 bridgehead atoms. The molecule has 0 unspecified atom stereocenters. The second-order valence-corrected chi connectivity index (χ2v) is 7.28. The Morgan fingerprint density at radius 3 is 2.48 bits per heavy atom. The van der Waals surface area contributed by atoms with Gasteiger partial charge in [0.2, 0.25) is 0 Å². The number of aryl methyl sites for hydroxylation is 1. The van der Waals surface area contributed by atoms with Crippen LogP contribution in [0.5, 0.6) is 0 Å². The summed E-state index contributed by atoms with van der Waals surface area (Å²) in [5, 5.41) is 0. The second-order valence-electron chi connectivity index (χ2n) is 4.78. The van der Waals surface area contributed by atoms with Crippen molar-refractivity contribution in [3.8, 4) is 0 Å². The second kappa shape index (κ2) is 5.99. The van der Waals surface area contributed by atoms with Crippen molar-refractivity contribution in [2.75, 3.05) is 16.7 Å². The van der Waals surface area contributed by atoms with Gasteiger partial charge in [-0.15, -0.1) is 11.8 Å². The number of sulfonamides is 1. The third kappa shape index (κ3) is 3.33. The zero-order valence-electron chi connectivity index (χ0n) is 12.2. The van der Waals surface area contributed by atoms with Crippen LogP contribution in [0, 0.1) is 13.8 Å². The van der Waals surface area contributed by atoms with Crippen molar-refractivity contribution in [1.29, 1.82) is 0 Å². The van der Waals surface area contributed by atoms with Gasteiger partial charge in [-0.25, -0.2) is 8.42 Å². The van der Waals surface area contributed by atoms with Crippen LogP contribution in [0.25, 0.3) is 0 Å². The predicted octanol–water partition coefficient (Wildman–Crippen LogP) is 3.41. The van der Waals surface area contributed by atoms with E-state index in [1.165, 1.54) is 11.8 Å². The van der Waals surface area contributed by atoms with E-state index in [1.807, 2.05) is 25.3 Å². The molecule has 0 aliphatic rings. The first-order chi connectivity index (χ1) is 9.85. The van der Waals surface area contributed by atoms with Crippen LogP contribution in [0.4, 0.5) is 11.4 Å². The molecule has 4 nitrogen and oxygen atoms in total. The number of nitrogen functional groups attached to an aromatic ring is 1. The van der Waals surface area contributed by atoms with Gasteiger partial charge in [0.1, 0.15) is 0 Å². The Kier molecular flexibility index (Phi) is 4.49. The van der Waals surface area contributed by atoms with Crippen LogP contribution >= 0.6 is 11.8 Å². The first-order valence-corrected chi connectivity index (χ1v) is 9.08. The summed E-state index contributed by atoms with van der Waals surface area (Å²) >= 11 is 1.49. The molecule has 2 aromatic rings. The Balaban J connectivity index is 2.49. The largest absolute Gasteiger partial charge is 0.398 e. The fourth-order valence-electron chi connectivity index (χ4n) is 2.06. The van der Waals surface area contributed by atoms with Crippen molar-refractivity contribution in [2.24, 2.45) is 0 Å². The lowest BCUT2D eigenvalue weighted by Gasteiger charge is -2.14. The Morgan fingerprint density at radius 1 is 1.14 bits per heavy atom. The third-order valence-electron chi connectivity index (χ3n) is 3.19. The lowest BCUT2D eigenvalue weighted by molar-refractivity contribution is 0.600. The minimum Gasteiger partial charge on any atom is -0.398 e. The van der Waals surface area contributed by atoms with Gasteiger partial charge in [-0.3, -0.25) is 4.72 Å². The maximum Gasteiger partial charge on any atom is 0.262 e. The molecule has 2 rings (SSSR count). The Bertz CT molecular complexity index is 771. The molecule has 0 aliphatic carbocycles. The number of rotatable bonds is 4. The van der Waals surface area contributed by atoms with Gasteiger partial charge in [0.25, 0.3) is 10.0 Å². The third-order valence-corrected chi connectivity index (χ3v) is 5.47. The van der Waals surface area contributed by atoms with Crippen LogP contribution in [0.3, 0.4) is 0 Å². The summed E-state index contributed by atoms with van der Waals surface area (Å²) in [6.07, 6.45) is 1.91. The molecule has 2 aromatic carbocycles. The molecule has 3 N–H and O–H groups in total. The Morgan fingerprint density at radius 2 is 1.81 bits per heavy atom. The van der Waals surface area contributed by atoms with Crippen LogP contribution in [0.15, 0.2) is 46.2 Å². The van der Waals surface area contributed by atoms with Crippen LogP contribution in [-0.4, -0.2) is 14.7 Å². The van der Waals surface area contributed by atoms with Gasteiger partial charge in [-0.05, 0) is 55.5 Å². The zero-order valence-corrected chi connectivity index (χ0v) is 13.8.